The summed E-state index contributed by atoms with van der Waals surface area (Å²) in [6.45, 7) is 2.35. The third kappa shape index (κ3) is 1.97. The second kappa shape index (κ2) is 3.95. The predicted molar refractivity (Wildman–Crippen MR) is 51.0 cm³/mol. The number of likely N-dealkylation sites (tertiary alicyclic amines) is 1. The molecule has 0 bridgehead atoms. The maximum absolute atomic E-state index is 13.3. The molecule has 4 heteroatoms. The molecule has 15 heavy (non-hydrogen) atoms. The summed E-state index contributed by atoms with van der Waals surface area (Å²) in [6.07, 6.45) is 1.12. The van der Waals surface area contributed by atoms with E-state index in [4.69, 9.17) is 5.26 Å². The zero-order valence-electron chi connectivity index (χ0n) is 8.13. The molecule has 1 saturated heterocycles. The number of hydrogen-bond donors (Lipinski definition) is 0. The second-order valence-electron chi connectivity index (χ2n) is 3.66. The van der Waals surface area contributed by atoms with Crippen LogP contribution in [0.25, 0.3) is 0 Å². The largest absolute Gasteiger partial charge is 0.299 e. The van der Waals surface area contributed by atoms with Crippen molar-refractivity contribution in [3.63, 3.8) is 0 Å². The highest BCUT2D eigenvalue weighted by atomic mass is 19.1. The van der Waals surface area contributed by atoms with Crippen LogP contribution in [-0.2, 0) is 6.54 Å². The molecule has 1 aliphatic heterocycles. The molecule has 1 fully saturated rings. The minimum Gasteiger partial charge on any atom is -0.299 e. The van der Waals surface area contributed by atoms with Crippen LogP contribution in [0.3, 0.4) is 0 Å². The quantitative estimate of drug-likeness (QED) is 0.743. The van der Waals surface area contributed by atoms with Gasteiger partial charge in [-0.2, -0.15) is 5.26 Å². The fourth-order valence-corrected chi connectivity index (χ4v) is 1.58. The Balaban J connectivity index is 2.26. The average Bonchev–Trinajstić information content (AvgIpc) is 2.14. The minimum atomic E-state index is -0.789. The van der Waals surface area contributed by atoms with Gasteiger partial charge < -0.3 is 0 Å². The summed E-state index contributed by atoms with van der Waals surface area (Å²) >= 11 is 0. The Morgan fingerprint density at radius 3 is 2.53 bits per heavy atom. The van der Waals surface area contributed by atoms with Gasteiger partial charge in [0.15, 0.2) is 0 Å². The van der Waals surface area contributed by atoms with Crippen molar-refractivity contribution in [1.29, 1.82) is 5.26 Å². The zero-order chi connectivity index (χ0) is 10.8. The highest BCUT2D eigenvalue weighted by Gasteiger charge is 2.17. The smallest absolute Gasteiger partial charge is 0.143 e. The summed E-state index contributed by atoms with van der Waals surface area (Å²) in [6, 6.07) is 3.79. The van der Waals surface area contributed by atoms with Gasteiger partial charge in [-0.3, -0.25) is 4.90 Å². The predicted octanol–water partition coefficient (Wildman–Crippen LogP) is 2.04. The van der Waals surface area contributed by atoms with Gasteiger partial charge >= 0.3 is 0 Å². The number of hydrogen-bond acceptors (Lipinski definition) is 2. The molecule has 0 unspecified atom stereocenters. The Hall–Kier alpha value is -1.47. The lowest BCUT2D eigenvalue weighted by Crippen LogP contribution is -2.36. The van der Waals surface area contributed by atoms with Crippen LogP contribution < -0.4 is 0 Å². The molecule has 0 spiro atoms. The summed E-state index contributed by atoms with van der Waals surface area (Å²) in [5, 5.41) is 8.61. The lowest BCUT2D eigenvalue weighted by atomic mass is 10.1. The molecular formula is C11H10F2N2. The molecule has 1 aliphatic rings. The number of rotatable bonds is 2. The lowest BCUT2D eigenvalue weighted by molar-refractivity contribution is 0.170. The van der Waals surface area contributed by atoms with E-state index in [9.17, 15) is 8.78 Å². The number of benzene rings is 1. The standard InChI is InChI=1S/C11H10F2N2/c12-10-5-11(13)9(4-8(10)6-14)7-15-2-1-3-15/h4-5H,1-3,7H2. The van der Waals surface area contributed by atoms with Crippen molar-refractivity contribution in [1.82, 2.24) is 4.90 Å². The maximum atomic E-state index is 13.3. The summed E-state index contributed by atoms with van der Waals surface area (Å²) in [5.74, 6) is -1.36. The highest BCUT2D eigenvalue weighted by molar-refractivity contribution is 5.35. The molecule has 0 N–H and O–H groups in total. The third-order valence-corrected chi connectivity index (χ3v) is 2.60. The van der Waals surface area contributed by atoms with Crippen molar-refractivity contribution >= 4 is 0 Å². The van der Waals surface area contributed by atoms with E-state index in [1.54, 1.807) is 6.07 Å². The molecule has 78 valence electrons. The zero-order valence-corrected chi connectivity index (χ0v) is 8.13. The van der Waals surface area contributed by atoms with Crippen molar-refractivity contribution in [2.24, 2.45) is 0 Å². The third-order valence-electron chi connectivity index (χ3n) is 2.60. The van der Waals surface area contributed by atoms with Crippen molar-refractivity contribution in [2.75, 3.05) is 13.1 Å². The molecule has 0 aliphatic carbocycles. The first-order chi connectivity index (χ1) is 7.20. The monoisotopic (exact) mass is 208 g/mol. The van der Waals surface area contributed by atoms with Gasteiger partial charge in [-0.15, -0.1) is 0 Å². The van der Waals surface area contributed by atoms with E-state index in [1.165, 1.54) is 6.07 Å². The normalized spacial score (nSPS) is 15.8. The van der Waals surface area contributed by atoms with E-state index in [0.717, 1.165) is 25.6 Å². The van der Waals surface area contributed by atoms with E-state index < -0.39 is 11.6 Å². The van der Waals surface area contributed by atoms with Crippen LogP contribution in [0.1, 0.15) is 17.5 Å². The Bertz CT molecular complexity index is 419. The molecule has 0 saturated carbocycles. The highest BCUT2D eigenvalue weighted by Crippen LogP contribution is 2.18. The molecule has 1 heterocycles. The van der Waals surface area contributed by atoms with Gasteiger partial charge in [0.25, 0.3) is 0 Å². The fourth-order valence-electron chi connectivity index (χ4n) is 1.58. The van der Waals surface area contributed by atoms with E-state index in [2.05, 4.69) is 4.90 Å². The van der Waals surface area contributed by atoms with E-state index >= 15 is 0 Å². The lowest BCUT2D eigenvalue weighted by Gasteiger charge is -2.30. The first-order valence-electron chi connectivity index (χ1n) is 4.81. The molecule has 1 aromatic carbocycles. The van der Waals surface area contributed by atoms with Gasteiger partial charge in [-0.25, -0.2) is 8.78 Å². The topological polar surface area (TPSA) is 27.0 Å². The summed E-state index contributed by atoms with van der Waals surface area (Å²) in [7, 11) is 0. The van der Waals surface area contributed by atoms with Crippen molar-refractivity contribution < 1.29 is 8.78 Å². The molecular weight excluding hydrogens is 198 g/mol. The van der Waals surface area contributed by atoms with Gasteiger partial charge in [-0.1, -0.05) is 0 Å². The van der Waals surface area contributed by atoms with Crippen LogP contribution in [0.5, 0.6) is 0 Å². The van der Waals surface area contributed by atoms with Crippen LogP contribution in [0.4, 0.5) is 8.78 Å². The average molecular weight is 208 g/mol. The minimum absolute atomic E-state index is 0.0908. The summed E-state index contributed by atoms with van der Waals surface area (Å²) < 4.78 is 26.3. The van der Waals surface area contributed by atoms with Crippen molar-refractivity contribution in [2.45, 2.75) is 13.0 Å². The molecule has 0 atom stereocenters. The van der Waals surface area contributed by atoms with Crippen LogP contribution >= 0.6 is 0 Å². The molecule has 1 aromatic rings. The Labute approximate surface area is 86.7 Å². The van der Waals surface area contributed by atoms with E-state index in [1.807, 2.05) is 0 Å². The molecule has 2 rings (SSSR count). The number of nitriles is 1. The van der Waals surface area contributed by atoms with E-state index in [0.29, 0.717) is 12.1 Å². The fraction of sp³-hybridized carbons (Fsp3) is 0.364. The Morgan fingerprint density at radius 2 is 2.00 bits per heavy atom. The van der Waals surface area contributed by atoms with Crippen LogP contribution in [0.2, 0.25) is 0 Å². The first-order valence-corrected chi connectivity index (χ1v) is 4.81. The summed E-state index contributed by atoms with van der Waals surface area (Å²) in [5.41, 5.74) is 0.305. The van der Waals surface area contributed by atoms with Crippen molar-refractivity contribution in [3.05, 3.63) is 34.9 Å². The summed E-state index contributed by atoms with van der Waals surface area (Å²) in [4.78, 5) is 2.05. The molecule has 0 aromatic heterocycles. The Kier molecular flexibility index (Phi) is 2.65. The van der Waals surface area contributed by atoms with Crippen LogP contribution in [0, 0.1) is 23.0 Å². The number of halogens is 2. The first kappa shape index (κ1) is 10.1. The van der Waals surface area contributed by atoms with Gasteiger partial charge in [0.05, 0.1) is 5.56 Å². The van der Waals surface area contributed by atoms with Gasteiger partial charge in [0.2, 0.25) is 0 Å². The van der Waals surface area contributed by atoms with Gasteiger partial charge in [0, 0.05) is 18.2 Å². The second-order valence-corrected chi connectivity index (χ2v) is 3.66. The Morgan fingerprint density at radius 1 is 1.27 bits per heavy atom. The molecule has 0 amide bonds. The van der Waals surface area contributed by atoms with Gasteiger partial charge in [-0.05, 0) is 25.6 Å². The van der Waals surface area contributed by atoms with E-state index in [-0.39, 0.29) is 5.56 Å². The maximum Gasteiger partial charge on any atom is 0.143 e. The molecule has 2 nitrogen and oxygen atoms in total. The SMILES string of the molecule is N#Cc1cc(CN2CCC2)c(F)cc1F. The van der Waals surface area contributed by atoms with Crippen molar-refractivity contribution in [3.8, 4) is 6.07 Å². The van der Waals surface area contributed by atoms with Gasteiger partial charge in [0.1, 0.15) is 17.7 Å². The van der Waals surface area contributed by atoms with Crippen LogP contribution in [0.15, 0.2) is 12.1 Å². The van der Waals surface area contributed by atoms with Crippen LogP contribution in [-0.4, -0.2) is 18.0 Å². The molecule has 0 radical (unpaired) electrons. The number of nitrogens with zero attached hydrogens (tertiary/aromatic N) is 2.